The predicted octanol–water partition coefficient (Wildman–Crippen LogP) is 4.19. The minimum absolute atomic E-state index is 0.0889. The van der Waals surface area contributed by atoms with E-state index in [-0.39, 0.29) is 6.04 Å². The summed E-state index contributed by atoms with van der Waals surface area (Å²) in [5, 5.41) is 4.10. The van der Waals surface area contributed by atoms with Crippen LogP contribution in [0.2, 0.25) is 5.02 Å². The molecule has 0 aromatic heterocycles. The first-order valence-electron chi connectivity index (χ1n) is 7.13. The van der Waals surface area contributed by atoms with Gasteiger partial charge in [0, 0.05) is 21.7 Å². The van der Waals surface area contributed by atoms with Crippen LogP contribution in [0.4, 0.5) is 0 Å². The molecule has 0 heterocycles. The van der Waals surface area contributed by atoms with Crippen molar-refractivity contribution >= 4 is 22.4 Å². The van der Waals surface area contributed by atoms with Gasteiger partial charge in [0.15, 0.2) is 0 Å². The highest BCUT2D eigenvalue weighted by atomic mass is 35.5. The molecule has 0 saturated carbocycles. The maximum absolute atomic E-state index is 12.6. The van der Waals surface area contributed by atoms with Crippen LogP contribution in [-0.4, -0.2) is 16.5 Å². The van der Waals surface area contributed by atoms with E-state index in [0.29, 0.717) is 10.8 Å². The van der Waals surface area contributed by atoms with Crippen molar-refractivity contribution in [3.63, 3.8) is 0 Å². The highest BCUT2D eigenvalue weighted by Crippen LogP contribution is 2.19. The van der Waals surface area contributed by atoms with E-state index in [4.69, 9.17) is 11.6 Å². The average Bonchev–Trinajstić information content (AvgIpc) is 2.52. The van der Waals surface area contributed by atoms with Gasteiger partial charge in [-0.2, -0.15) is 0 Å². The van der Waals surface area contributed by atoms with Crippen molar-refractivity contribution in [2.45, 2.75) is 24.3 Å². The van der Waals surface area contributed by atoms with E-state index in [9.17, 15) is 4.21 Å². The van der Waals surface area contributed by atoms with Crippen LogP contribution < -0.4 is 5.32 Å². The zero-order chi connectivity index (χ0) is 15.1. The maximum Gasteiger partial charge on any atom is 0.0549 e. The van der Waals surface area contributed by atoms with Gasteiger partial charge in [-0.05, 0) is 36.7 Å². The largest absolute Gasteiger partial charge is 0.309 e. The predicted molar refractivity (Wildman–Crippen MR) is 90.2 cm³/mol. The quantitative estimate of drug-likeness (QED) is 0.828. The number of hydrogen-bond acceptors (Lipinski definition) is 2. The summed E-state index contributed by atoms with van der Waals surface area (Å²) < 4.78 is 12.6. The van der Waals surface area contributed by atoms with Crippen molar-refractivity contribution in [1.29, 1.82) is 0 Å². The molecule has 0 radical (unpaired) electrons. The van der Waals surface area contributed by atoms with Gasteiger partial charge in [0.1, 0.15) is 0 Å². The summed E-state index contributed by atoms with van der Waals surface area (Å²) in [6.07, 6.45) is 1.05. The van der Waals surface area contributed by atoms with Crippen molar-refractivity contribution in [2.24, 2.45) is 0 Å². The first-order chi connectivity index (χ1) is 10.2. The summed E-state index contributed by atoms with van der Waals surface area (Å²) in [5.74, 6) is 0.546. The Hall–Kier alpha value is -1.16. The van der Waals surface area contributed by atoms with Gasteiger partial charge < -0.3 is 5.32 Å². The van der Waals surface area contributed by atoms with E-state index in [1.165, 1.54) is 5.56 Å². The number of hydrogen-bond donors (Lipinski definition) is 1. The molecule has 0 aliphatic carbocycles. The number of rotatable bonds is 7. The molecule has 2 atom stereocenters. The first-order valence-corrected chi connectivity index (χ1v) is 8.82. The lowest BCUT2D eigenvalue weighted by Gasteiger charge is -2.18. The molecular weight excluding hydrogens is 302 g/mol. The molecule has 0 saturated heterocycles. The van der Waals surface area contributed by atoms with Crippen molar-refractivity contribution in [3.05, 3.63) is 65.2 Å². The fraction of sp³-hybridized carbons (Fsp3) is 0.294. The minimum atomic E-state index is -1.07. The molecule has 0 amide bonds. The molecule has 0 spiro atoms. The summed E-state index contributed by atoms with van der Waals surface area (Å²) in [5.41, 5.74) is 1.17. The van der Waals surface area contributed by atoms with Crippen LogP contribution in [0, 0.1) is 0 Å². The van der Waals surface area contributed by atoms with Gasteiger partial charge in [-0.3, -0.25) is 4.21 Å². The third-order valence-corrected chi connectivity index (χ3v) is 4.87. The minimum Gasteiger partial charge on any atom is -0.309 e. The Morgan fingerprint density at radius 1 is 1.14 bits per heavy atom. The second kappa shape index (κ2) is 8.32. The summed E-state index contributed by atoms with van der Waals surface area (Å²) in [6, 6.07) is 17.5. The smallest absolute Gasteiger partial charge is 0.0549 e. The van der Waals surface area contributed by atoms with Gasteiger partial charge in [0.2, 0.25) is 0 Å². The Balaban J connectivity index is 2.13. The number of nitrogens with one attached hydrogen (secondary N) is 1. The molecule has 0 aliphatic heterocycles. The molecule has 2 aromatic rings. The standard InChI is InChI=1S/C17H20ClNOS/c1-2-11-19-17(14-7-4-3-5-8-14)13-21(20)16-10-6-9-15(18)12-16/h3-10,12,17,19H,2,11,13H2,1H3. The summed E-state index contributed by atoms with van der Waals surface area (Å²) in [6.45, 7) is 3.04. The van der Waals surface area contributed by atoms with E-state index in [1.807, 2.05) is 30.3 Å². The van der Waals surface area contributed by atoms with Gasteiger partial charge in [0.05, 0.1) is 10.8 Å². The van der Waals surface area contributed by atoms with E-state index in [2.05, 4.69) is 24.4 Å². The summed E-state index contributed by atoms with van der Waals surface area (Å²) >= 11 is 5.98. The SMILES string of the molecule is CCCNC(CS(=O)c1cccc(Cl)c1)c1ccccc1. The molecule has 21 heavy (non-hydrogen) atoms. The summed E-state index contributed by atoms with van der Waals surface area (Å²) in [7, 11) is -1.07. The molecule has 0 fully saturated rings. The molecule has 0 bridgehead atoms. The Morgan fingerprint density at radius 2 is 1.90 bits per heavy atom. The molecule has 1 N–H and O–H groups in total. The van der Waals surface area contributed by atoms with Gasteiger partial charge in [-0.1, -0.05) is 54.9 Å². The van der Waals surface area contributed by atoms with Gasteiger partial charge in [-0.15, -0.1) is 0 Å². The fourth-order valence-corrected chi connectivity index (χ4v) is 3.68. The molecule has 2 rings (SSSR count). The third-order valence-electron chi connectivity index (χ3n) is 3.22. The lowest BCUT2D eigenvalue weighted by Crippen LogP contribution is -2.27. The van der Waals surface area contributed by atoms with Crippen LogP contribution >= 0.6 is 11.6 Å². The second-order valence-corrected chi connectivity index (χ2v) is 6.82. The average molecular weight is 322 g/mol. The van der Waals surface area contributed by atoms with Crippen molar-refractivity contribution in [1.82, 2.24) is 5.32 Å². The Bertz CT molecular complexity index is 588. The van der Waals surface area contributed by atoms with Gasteiger partial charge in [-0.25, -0.2) is 0 Å². The van der Waals surface area contributed by atoms with Crippen LogP contribution in [0.1, 0.15) is 24.9 Å². The fourth-order valence-electron chi connectivity index (χ4n) is 2.13. The number of halogens is 1. The second-order valence-electron chi connectivity index (χ2n) is 4.89. The molecule has 2 aromatic carbocycles. The van der Waals surface area contributed by atoms with Crippen LogP contribution in [0.5, 0.6) is 0 Å². The molecule has 2 nitrogen and oxygen atoms in total. The van der Waals surface area contributed by atoms with E-state index in [1.54, 1.807) is 12.1 Å². The number of benzene rings is 2. The van der Waals surface area contributed by atoms with E-state index >= 15 is 0 Å². The van der Waals surface area contributed by atoms with Crippen LogP contribution in [0.15, 0.2) is 59.5 Å². The topological polar surface area (TPSA) is 29.1 Å². The van der Waals surface area contributed by atoms with Gasteiger partial charge in [0.25, 0.3) is 0 Å². The molecule has 2 unspecified atom stereocenters. The summed E-state index contributed by atoms with van der Waals surface area (Å²) in [4.78, 5) is 0.779. The van der Waals surface area contributed by atoms with Crippen LogP contribution in [0.25, 0.3) is 0 Å². The molecule has 112 valence electrons. The van der Waals surface area contributed by atoms with Crippen molar-refractivity contribution in [2.75, 3.05) is 12.3 Å². The van der Waals surface area contributed by atoms with Gasteiger partial charge >= 0.3 is 0 Å². The third kappa shape index (κ3) is 4.95. The van der Waals surface area contributed by atoms with Crippen molar-refractivity contribution in [3.8, 4) is 0 Å². The highest BCUT2D eigenvalue weighted by molar-refractivity contribution is 7.85. The molecular formula is C17H20ClNOS. The van der Waals surface area contributed by atoms with E-state index in [0.717, 1.165) is 17.9 Å². The van der Waals surface area contributed by atoms with E-state index < -0.39 is 10.8 Å². The van der Waals surface area contributed by atoms with Crippen molar-refractivity contribution < 1.29 is 4.21 Å². The zero-order valence-corrected chi connectivity index (χ0v) is 13.7. The monoisotopic (exact) mass is 321 g/mol. The molecule has 4 heteroatoms. The highest BCUT2D eigenvalue weighted by Gasteiger charge is 2.15. The zero-order valence-electron chi connectivity index (χ0n) is 12.1. The first kappa shape index (κ1) is 16.2. The lowest BCUT2D eigenvalue weighted by molar-refractivity contribution is 0.569. The van der Waals surface area contributed by atoms with Crippen LogP contribution in [0.3, 0.4) is 0 Å². The lowest BCUT2D eigenvalue weighted by atomic mass is 10.1. The van der Waals surface area contributed by atoms with Crippen LogP contribution in [-0.2, 0) is 10.8 Å². The Morgan fingerprint density at radius 3 is 2.57 bits per heavy atom. The Labute approximate surface area is 134 Å². The normalized spacial score (nSPS) is 13.8. The Kier molecular flexibility index (Phi) is 6.43. The molecule has 0 aliphatic rings. The maximum atomic E-state index is 12.6.